The van der Waals surface area contributed by atoms with E-state index in [1.54, 1.807) is 31.4 Å². The van der Waals surface area contributed by atoms with Gasteiger partial charge < -0.3 is 10.1 Å². The standard InChI is InChI=1S/C16H17NO4S/c1-21-11-12-3-5-13(6-4-12)16(18)17-14-7-9-15(10-8-14)22(2,19)20/h3-10H,11H2,1-2H3,(H,17,18). The van der Waals surface area contributed by atoms with Gasteiger partial charge in [0.15, 0.2) is 9.84 Å². The van der Waals surface area contributed by atoms with E-state index in [2.05, 4.69) is 5.32 Å². The van der Waals surface area contributed by atoms with E-state index >= 15 is 0 Å². The summed E-state index contributed by atoms with van der Waals surface area (Å²) in [4.78, 5) is 12.3. The molecule has 0 radical (unpaired) electrons. The van der Waals surface area contributed by atoms with Crippen LogP contribution >= 0.6 is 0 Å². The number of carbonyl (C=O) groups excluding carboxylic acids is 1. The van der Waals surface area contributed by atoms with E-state index in [1.807, 2.05) is 12.1 Å². The smallest absolute Gasteiger partial charge is 0.255 e. The Morgan fingerprint density at radius 3 is 2.14 bits per heavy atom. The predicted molar refractivity (Wildman–Crippen MR) is 84.7 cm³/mol. The molecule has 0 aliphatic carbocycles. The molecule has 0 saturated heterocycles. The molecule has 1 amide bonds. The van der Waals surface area contributed by atoms with Gasteiger partial charge in [-0.25, -0.2) is 8.42 Å². The third kappa shape index (κ3) is 4.16. The first kappa shape index (κ1) is 16.2. The van der Waals surface area contributed by atoms with E-state index in [-0.39, 0.29) is 10.8 Å². The lowest BCUT2D eigenvalue weighted by Gasteiger charge is -2.07. The summed E-state index contributed by atoms with van der Waals surface area (Å²) in [5.41, 5.74) is 2.04. The molecule has 0 aliphatic rings. The summed E-state index contributed by atoms with van der Waals surface area (Å²) in [6.45, 7) is 0.495. The molecule has 1 N–H and O–H groups in total. The summed E-state index contributed by atoms with van der Waals surface area (Å²) in [6.07, 6.45) is 1.14. The van der Waals surface area contributed by atoms with Gasteiger partial charge in [-0.2, -0.15) is 0 Å². The Morgan fingerprint density at radius 1 is 1.05 bits per heavy atom. The summed E-state index contributed by atoms with van der Waals surface area (Å²) in [6, 6.07) is 13.1. The molecular formula is C16H17NO4S. The Kier molecular flexibility index (Phi) is 4.95. The van der Waals surface area contributed by atoms with E-state index in [1.165, 1.54) is 12.1 Å². The first-order chi connectivity index (χ1) is 10.4. The highest BCUT2D eigenvalue weighted by Gasteiger charge is 2.09. The highest BCUT2D eigenvalue weighted by Crippen LogP contribution is 2.15. The molecule has 0 fully saturated rings. The lowest BCUT2D eigenvalue weighted by atomic mass is 10.1. The molecule has 0 aromatic heterocycles. The van der Waals surface area contributed by atoms with E-state index in [9.17, 15) is 13.2 Å². The molecular weight excluding hydrogens is 302 g/mol. The van der Waals surface area contributed by atoms with E-state index < -0.39 is 9.84 Å². The summed E-state index contributed by atoms with van der Waals surface area (Å²) in [5.74, 6) is -0.254. The molecule has 0 saturated carbocycles. The third-order valence-electron chi connectivity index (χ3n) is 3.07. The average Bonchev–Trinajstić information content (AvgIpc) is 2.48. The minimum Gasteiger partial charge on any atom is -0.380 e. The van der Waals surface area contributed by atoms with Crippen molar-refractivity contribution < 1.29 is 17.9 Å². The number of nitrogens with one attached hydrogen (secondary N) is 1. The van der Waals surface area contributed by atoms with Crippen molar-refractivity contribution in [3.05, 3.63) is 59.7 Å². The van der Waals surface area contributed by atoms with Crippen molar-refractivity contribution in [2.45, 2.75) is 11.5 Å². The van der Waals surface area contributed by atoms with E-state index in [0.717, 1.165) is 11.8 Å². The molecule has 116 valence electrons. The zero-order valence-corrected chi connectivity index (χ0v) is 13.2. The maximum absolute atomic E-state index is 12.1. The van der Waals surface area contributed by atoms with Crippen LogP contribution in [-0.4, -0.2) is 27.7 Å². The first-order valence-corrected chi connectivity index (χ1v) is 8.48. The van der Waals surface area contributed by atoms with Crippen molar-refractivity contribution in [1.29, 1.82) is 0 Å². The summed E-state index contributed by atoms with van der Waals surface area (Å²) in [7, 11) is -1.62. The number of carbonyl (C=O) groups is 1. The number of anilines is 1. The highest BCUT2D eigenvalue weighted by molar-refractivity contribution is 7.90. The number of sulfone groups is 1. The van der Waals surface area contributed by atoms with Crippen LogP contribution in [0.5, 0.6) is 0 Å². The second kappa shape index (κ2) is 6.72. The van der Waals surface area contributed by atoms with Crippen molar-refractivity contribution in [1.82, 2.24) is 0 Å². The number of amides is 1. The Morgan fingerprint density at radius 2 is 1.64 bits per heavy atom. The summed E-state index contributed by atoms with van der Waals surface area (Å²) < 4.78 is 27.8. The quantitative estimate of drug-likeness (QED) is 0.919. The highest BCUT2D eigenvalue weighted by atomic mass is 32.2. The van der Waals surface area contributed by atoms with Crippen LogP contribution in [0, 0.1) is 0 Å². The van der Waals surface area contributed by atoms with Crippen LogP contribution < -0.4 is 5.32 Å². The van der Waals surface area contributed by atoms with Gasteiger partial charge in [-0.3, -0.25) is 4.79 Å². The molecule has 2 aromatic carbocycles. The number of hydrogen-bond donors (Lipinski definition) is 1. The van der Waals surface area contributed by atoms with Crippen molar-refractivity contribution >= 4 is 21.4 Å². The SMILES string of the molecule is COCc1ccc(C(=O)Nc2ccc(S(C)(=O)=O)cc2)cc1. The fraction of sp³-hybridized carbons (Fsp3) is 0.188. The molecule has 0 atom stereocenters. The van der Waals surface area contributed by atoms with Gasteiger partial charge in [-0.05, 0) is 42.0 Å². The van der Waals surface area contributed by atoms with E-state index in [0.29, 0.717) is 17.9 Å². The van der Waals surface area contributed by atoms with Gasteiger partial charge in [-0.15, -0.1) is 0 Å². The minimum absolute atomic E-state index is 0.217. The van der Waals surface area contributed by atoms with Crippen LogP contribution in [0.15, 0.2) is 53.4 Å². The average molecular weight is 319 g/mol. The van der Waals surface area contributed by atoms with Crippen molar-refractivity contribution in [2.24, 2.45) is 0 Å². The zero-order valence-electron chi connectivity index (χ0n) is 12.4. The van der Waals surface area contributed by atoms with Crippen LogP contribution in [0.3, 0.4) is 0 Å². The van der Waals surface area contributed by atoms with Gasteiger partial charge in [0.05, 0.1) is 11.5 Å². The van der Waals surface area contributed by atoms with E-state index in [4.69, 9.17) is 4.74 Å². The number of methoxy groups -OCH3 is 1. The third-order valence-corrected chi connectivity index (χ3v) is 4.20. The maximum atomic E-state index is 12.1. The van der Waals surface area contributed by atoms with Gasteiger partial charge in [0, 0.05) is 24.6 Å². The van der Waals surface area contributed by atoms with Gasteiger partial charge in [0.25, 0.3) is 5.91 Å². The fourth-order valence-corrected chi connectivity index (χ4v) is 2.54. The van der Waals surface area contributed by atoms with Crippen LogP contribution in [0.4, 0.5) is 5.69 Å². The predicted octanol–water partition coefficient (Wildman–Crippen LogP) is 2.49. The van der Waals surface area contributed by atoms with Gasteiger partial charge in [-0.1, -0.05) is 12.1 Å². The lowest BCUT2D eigenvalue weighted by Crippen LogP contribution is -2.12. The molecule has 5 nitrogen and oxygen atoms in total. The van der Waals surface area contributed by atoms with Crippen LogP contribution in [0.1, 0.15) is 15.9 Å². The van der Waals surface area contributed by atoms with Crippen LogP contribution in [-0.2, 0) is 21.2 Å². The van der Waals surface area contributed by atoms with Crippen molar-refractivity contribution in [2.75, 3.05) is 18.7 Å². The lowest BCUT2D eigenvalue weighted by molar-refractivity contribution is 0.102. The number of ether oxygens (including phenoxy) is 1. The second-order valence-corrected chi connectivity index (χ2v) is 6.90. The zero-order chi connectivity index (χ0) is 16.2. The summed E-state index contributed by atoms with van der Waals surface area (Å²) >= 11 is 0. The minimum atomic E-state index is -3.24. The van der Waals surface area contributed by atoms with Crippen LogP contribution in [0.25, 0.3) is 0 Å². The maximum Gasteiger partial charge on any atom is 0.255 e. The van der Waals surface area contributed by atoms with Crippen molar-refractivity contribution in [3.63, 3.8) is 0 Å². The molecule has 0 heterocycles. The Bertz CT molecular complexity index is 750. The topological polar surface area (TPSA) is 72.5 Å². The van der Waals surface area contributed by atoms with Crippen molar-refractivity contribution in [3.8, 4) is 0 Å². The van der Waals surface area contributed by atoms with Gasteiger partial charge >= 0.3 is 0 Å². The molecule has 0 bridgehead atoms. The number of hydrogen-bond acceptors (Lipinski definition) is 4. The Labute approximate surface area is 129 Å². The second-order valence-electron chi connectivity index (χ2n) is 4.88. The number of rotatable bonds is 5. The molecule has 2 rings (SSSR count). The fourth-order valence-electron chi connectivity index (χ4n) is 1.91. The molecule has 0 unspecified atom stereocenters. The molecule has 0 spiro atoms. The Hall–Kier alpha value is -2.18. The molecule has 22 heavy (non-hydrogen) atoms. The first-order valence-electron chi connectivity index (χ1n) is 6.59. The summed E-state index contributed by atoms with van der Waals surface area (Å²) in [5, 5.41) is 2.72. The number of benzene rings is 2. The monoisotopic (exact) mass is 319 g/mol. The molecule has 2 aromatic rings. The van der Waals surface area contributed by atoms with Gasteiger partial charge in [0.2, 0.25) is 0 Å². The van der Waals surface area contributed by atoms with Gasteiger partial charge in [0.1, 0.15) is 0 Å². The Balaban J connectivity index is 2.08. The normalized spacial score (nSPS) is 11.2. The molecule has 6 heteroatoms. The molecule has 0 aliphatic heterocycles. The largest absolute Gasteiger partial charge is 0.380 e. The van der Waals surface area contributed by atoms with Crippen LogP contribution in [0.2, 0.25) is 0 Å².